The Kier molecular flexibility index (Phi) is 5.23. The molecule has 1 aliphatic heterocycles. The third-order valence-corrected chi connectivity index (χ3v) is 5.05. The SMILES string of the molecule is CNC1C(CN2CCOCC2CO)CCCC1(C)C. The molecule has 2 aliphatic rings. The fourth-order valence-corrected chi connectivity index (χ4v) is 4.00. The lowest BCUT2D eigenvalue weighted by molar-refractivity contribution is -0.0429. The number of hydrogen-bond donors (Lipinski definition) is 2. The van der Waals surface area contributed by atoms with Crippen molar-refractivity contribution in [2.75, 3.05) is 40.0 Å². The topological polar surface area (TPSA) is 44.7 Å². The van der Waals surface area contributed by atoms with Crippen LogP contribution in [0.15, 0.2) is 0 Å². The van der Waals surface area contributed by atoms with Crippen molar-refractivity contribution in [3.8, 4) is 0 Å². The minimum absolute atomic E-state index is 0.191. The van der Waals surface area contributed by atoms with Gasteiger partial charge < -0.3 is 15.2 Å². The lowest BCUT2D eigenvalue weighted by Crippen LogP contribution is -2.55. The Morgan fingerprint density at radius 2 is 2.21 bits per heavy atom. The van der Waals surface area contributed by atoms with E-state index in [1.54, 1.807) is 0 Å². The quantitative estimate of drug-likeness (QED) is 0.803. The van der Waals surface area contributed by atoms with E-state index in [9.17, 15) is 5.11 Å². The zero-order valence-electron chi connectivity index (χ0n) is 12.7. The number of morpholine rings is 1. The first-order valence-corrected chi connectivity index (χ1v) is 7.68. The number of aliphatic hydroxyl groups is 1. The highest BCUT2D eigenvalue weighted by Gasteiger charge is 2.39. The van der Waals surface area contributed by atoms with Crippen molar-refractivity contribution in [3.63, 3.8) is 0 Å². The Labute approximate surface area is 117 Å². The molecule has 0 aromatic carbocycles. The number of ether oxygens (including phenoxy) is 1. The predicted octanol–water partition coefficient (Wildman–Crippen LogP) is 1.09. The molecule has 1 heterocycles. The van der Waals surface area contributed by atoms with E-state index in [1.165, 1.54) is 19.3 Å². The number of rotatable bonds is 4. The van der Waals surface area contributed by atoms with Crippen LogP contribution in [0.5, 0.6) is 0 Å². The fourth-order valence-electron chi connectivity index (χ4n) is 4.00. The molecule has 1 saturated heterocycles. The molecule has 3 atom stereocenters. The summed E-state index contributed by atoms with van der Waals surface area (Å²) in [6.07, 6.45) is 3.93. The van der Waals surface area contributed by atoms with E-state index in [1.807, 2.05) is 0 Å². The van der Waals surface area contributed by atoms with Crippen LogP contribution in [0.1, 0.15) is 33.1 Å². The van der Waals surface area contributed by atoms with Gasteiger partial charge in [-0.25, -0.2) is 0 Å². The molecule has 4 heteroatoms. The third-order valence-electron chi connectivity index (χ3n) is 5.05. The molecule has 1 aliphatic carbocycles. The average Bonchev–Trinajstić information content (AvgIpc) is 2.38. The second-order valence-electron chi connectivity index (χ2n) is 6.81. The van der Waals surface area contributed by atoms with Crippen LogP contribution >= 0.6 is 0 Å². The molecule has 3 unspecified atom stereocenters. The molecule has 112 valence electrons. The Balaban J connectivity index is 1.99. The van der Waals surface area contributed by atoms with Gasteiger partial charge in [-0.15, -0.1) is 0 Å². The highest BCUT2D eigenvalue weighted by molar-refractivity contribution is 4.94. The molecular weight excluding hydrogens is 240 g/mol. The minimum Gasteiger partial charge on any atom is -0.395 e. The lowest BCUT2D eigenvalue weighted by atomic mass is 9.67. The van der Waals surface area contributed by atoms with E-state index < -0.39 is 0 Å². The van der Waals surface area contributed by atoms with Crippen LogP contribution in [0.2, 0.25) is 0 Å². The van der Waals surface area contributed by atoms with Crippen LogP contribution in [0.4, 0.5) is 0 Å². The highest BCUT2D eigenvalue weighted by Crippen LogP contribution is 2.39. The normalized spacial score (nSPS) is 36.3. The van der Waals surface area contributed by atoms with E-state index in [4.69, 9.17) is 4.74 Å². The number of nitrogens with zero attached hydrogens (tertiary/aromatic N) is 1. The molecule has 0 spiro atoms. The molecule has 0 aromatic heterocycles. The van der Waals surface area contributed by atoms with Crippen LogP contribution in [0, 0.1) is 11.3 Å². The summed E-state index contributed by atoms with van der Waals surface area (Å²) >= 11 is 0. The van der Waals surface area contributed by atoms with Crippen LogP contribution in [-0.2, 0) is 4.74 Å². The van der Waals surface area contributed by atoms with E-state index in [-0.39, 0.29) is 12.6 Å². The zero-order chi connectivity index (χ0) is 13.9. The van der Waals surface area contributed by atoms with Crippen molar-refractivity contribution in [3.05, 3.63) is 0 Å². The zero-order valence-corrected chi connectivity index (χ0v) is 12.7. The van der Waals surface area contributed by atoms with Crippen LogP contribution in [0.3, 0.4) is 0 Å². The maximum absolute atomic E-state index is 9.48. The smallest absolute Gasteiger partial charge is 0.0644 e. The number of nitrogens with one attached hydrogen (secondary N) is 1. The molecule has 0 bridgehead atoms. The minimum atomic E-state index is 0.191. The summed E-state index contributed by atoms with van der Waals surface area (Å²) in [5.41, 5.74) is 0.374. The Hall–Kier alpha value is -0.160. The summed E-state index contributed by atoms with van der Waals surface area (Å²) in [5.74, 6) is 0.681. The van der Waals surface area contributed by atoms with Crippen molar-refractivity contribution >= 4 is 0 Å². The van der Waals surface area contributed by atoms with Gasteiger partial charge in [0.15, 0.2) is 0 Å². The molecular formula is C15H30N2O2. The molecule has 0 radical (unpaired) electrons. The van der Waals surface area contributed by atoms with Crippen molar-refractivity contribution in [2.45, 2.75) is 45.2 Å². The van der Waals surface area contributed by atoms with Gasteiger partial charge in [0.05, 0.1) is 25.9 Å². The van der Waals surface area contributed by atoms with Crippen LogP contribution in [0.25, 0.3) is 0 Å². The summed E-state index contributed by atoms with van der Waals surface area (Å²) < 4.78 is 5.47. The van der Waals surface area contributed by atoms with Gasteiger partial charge in [-0.3, -0.25) is 4.90 Å². The largest absolute Gasteiger partial charge is 0.395 e. The van der Waals surface area contributed by atoms with Crippen LogP contribution < -0.4 is 5.32 Å². The van der Waals surface area contributed by atoms with Crippen molar-refractivity contribution in [1.29, 1.82) is 0 Å². The van der Waals surface area contributed by atoms with E-state index >= 15 is 0 Å². The average molecular weight is 270 g/mol. The van der Waals surface area contributed by atoms with Gasteiger partial charge in [-0.2, -0.15) is 0 Å². The maximum Gasteiger partial charge on any atom is 0.0644 e. The standard InChI is InChI=1S/C15H30N2O2/c1-15(2)6-4-5-12(14(15)16-3)9-17-7-8-19-11-13(17)10-18/h12-14,16,18H,4-11H2,1-3H3. The highest BCUT2D eigenvalue weighted by atomic mass is 16.5. The van der Waals surface area contributed by atoms with Gasteiger partial charge in [0.1, 0.15) is 0 Å². The van der Waals surface area contributed by atoms with Gasteiger partial charge in [-0.1, -0.05) is 20.3 Å². The first kappa shape index (κ1) is 15.2. The molecule has 4 nitrogen and oxygen atoms in total. The predicted molar refractivity (Wildman–Crippen MR) is 77.2 cm³/mol. The third kappa shape index (κ3) is 3.48. The fraction of sp³-hybridized carbons (Fsp3) is 1.00. The van der Waals surface area contributed by atoms with E-state index in [0.717, 1.165) is 19.7 Å². The Bertz CT molecular complexity index is 283. The molecule has 19 heavy (non-hydrogen) atoms. The summed E-state index contributed by atoms with van der Waals surface area (Å²) in [5, 5.41) is 13.0. The van der Waals surface area contributed by atoms with Gasteiger partial charge in [0.25, 0.3) is 0 Å². The molecule has 2 fully saturated rings. The first-order valence-electron chi connectivity index (χ1n) is 7.68. The van der Waals surface area contributed by atoms with E-state index in [2.05, 4.69) is 31.1 Å². The molecule has 2 rings (SSSR count). The lowest BCUT2D eigenvalue weighted by Gasteiger charge is -2.47. The summed E-state index contributed by atoms with van der Waals surface area (Å²) in [4.78, 5) is 2.43. The molecule has 0 aromatic rings. The molecule has 2 N–H and O–H groups in total. The second-order valence-corrected chi connectivity index (χ2v) is 6.81. The summed E-state index contributed by atoms with van der Waals surface area (Å²) in [6.45, 7) is 8.49. The monoisotopic (exact) mass is 270 g/mol. The van der Waals surface area contributed by atoms with Gasteiger partial charge in [0.2, 0.25) is 0 Å². The van der Waals surface area contributed by atoms with Gasteiger partial charge in [-0.05, 0) is 31.2 Å². The van der Waals surface area contributed by atoms with Crippen molar-refractivity contribution < 1.29 is 9.84 Å². The number of aliphatic hydroxyl groups excluding tert-OH is 1. The summed E-state index contributed by atoms with van der Waals surface area (Å²) in [7, 11) is 2.09. The van der Waals surface area contributed by atoms with Gasteiger partial charge in [0, 0.05) is 19.1 Å². The van der Waals surface area contributed by atoms with Crippen molar-refractivity contribution in [2.24, 2.45) is 11.3 Å². The van der Waals surface area contributed by atoms with Crippen molar-refractivity contribution in [1.82, 2.24) is 10.2 Å². The van der Waals surface area contributed by atoms with E-state index in [0.29, 0.717) is 24.0 Å². The number of hydrogen-bond acceptors (Lipinski definition) is 4. The summed E-state index contributed by atoms with van der Waals surface area (Å²) in [6, 6.07) is 0.764. The Morgan fingerprint density at radius 1 is 1.42 bits per heavy atom. The van der Waals surface area contributed by atoms with Crippen LogP contribution in [-0.4, -0.2) is 62.0 Å². The molecule has 1 saturated carbocycles. The van der Waals surface area contributed by atoms with Gasteiger partial charge >= 0.3 is 0 Å². The molecule has 0 amide bonds. The maximum atomic E-state index is 9.48. The second kappa shape index (κ2) is 6.53. The first-order chi connectivity index (χ1) is 9.08. The Morgan fingerprint density at radius 3 is 2.89 bits per heavy atom.